The lowest BCUT2D eigenvalue weighted by Crippen LogP contribution is -2.72. The molecule has 0 spiro atoms. The Kier molecular flexibility index (Phi) is 7.92. The lowest BCUT2D eigenvalue weighted by molar-refractivity contribution is -0.157. The van der Waals surface area contributed by atoms with Crippen molar-refractivity contribution in [3.8, 4) is 11.3 Å². The molecule has 10 nitrogen and oxygen atoms in total. The van der Waals surface area contributed by atoms with Crippen molar-refractivity contribution >= 4 is 45.5 Å². The minimum atomic E-state index is -1.49. The number of amides is 2. The summed E-state index contributed by atoms with van der Waals surface area (Å²) in [6, 6.07) is 18.9. The van der Waals surface area contributed by atoms with Gasteiger partial charge in [0.1, 0.15) is 0 Å². The van der Waals surface area contributed by atoms with E-state index in [0.717, 1.165) is 27.0 Å². The average molecular weight is 596 g/mol. The van der Waals surface area contributed by atoms with Crippen LogP contribution in [0.2, 0.25) is 0 Å². The second-order valence-corrected chi connectivity index (χ2v) is 11.6. The van der Waals surface area contributed by atoms with Gasteiger partial charge in [-0.1, -0.05) is 36.4 Å². The van der Waals surface area contributed by atoms with E-state index < -0.39 is 29.1 Å². The van der Waals surface area contributed by atoms with E-state index in [9.17, 15) is 14.7 Å². The molecular weight excluding hydrogens is 562 g/mol. The number of anilines is 1. The van der Waals surface area contributed by atoms with Gasteiger partial charge in [-0.3, -0.25) is 15.1 Å². The third-order valence-corrected chi connectivity index (χ3v) is 9.14. The molecule has 220 valence electrons. The Morgan fingerprint density at radius 2 is 1.98 bits per heavy atom. The zero-order chi connectivity index (χ0) is 29.9. The number of nitrogens with zero attached hydrogens (tertiary/aromatic N) is 4. The predicted octanol–water partition coefficient (Wildman–Crippen LogP) is 4.66. The number of aliphatic imine (C=N–C) groups is 1. The summed E-state index contributed by atoms with van der Waals surface area (Å²) in [6.45, 7) is 3.08. The molecule has 1 fully saturated rings. The maximum Gasteiger partial charge on any atom is 0.318 e. The summed E-state index contributed by atoms with van der Waals surface area (Å²) in [6.07, 6.45) is 7.66. The van der Waals surface area contributed by atoms with Crippen molar-refractivity contribution in [1.82, 2.24) is 25.9 Å². The molecule has 2 aromatic heterocycles. The average Bonchev–Trinajstić information content (AvgIpc) is 3.51. The van der Waals surface area contributed by atoms with Crippen LogP contribution in [0.1, 0.15) is 18.9 Å². The van der Waals surface area contributed by atoms with Gasteiger partial charge in [-0.05, 0) is 62.2 Å². The van der Waals surface area contributed by atoms with E-state index in [1.54, 1.807) is 24.0 Å². The van der Waals surface area contributed by atoms with E-state index in [1.807, 2.05) is 78.7 Å². The van der Waals surface area contributed by atoms with Crippen LogP contribution in [0.4, 0.5) is 10.5 Å². The van der Waals surface area contributed by atoms with E-state index in [2.05, 4.69) is 25.9 Å². The Morgan fingerprint density at radius 1 is 1.14 bits per heavy atom. The summed E-state index contributed by atoms with van der Waals surface area (Å²) < 4.78 is 0.984. The highest BCUT2D eigenvalue weighted by molar-refractivity contribution is 7.17. The number of carboxylic acid groups (broad SMARTS) is 1. The summed E-state index contributed by atoms with van der Waals surface area (Å²) in [4.78, 5) is 42.9. The van der Waals surface area contributed by atoms with Gasteiger partial charge >= 0.3 is 12.0 Å². The minimum absolute atomic E-state index is 0.283. The Balaban J connectivity index is 1.55. The Bertz CT molecular complexity index is 1680. The quantitative estimate of drug-likeness (QED) is 0.233. The molecule has 3 unspecified atom stereocenters. The molecule has 1 saturated heterocycles. The number of carbonyl (C=O) groups is 2. The molecule has 6 rings (SSSR count). The first-order chi connectivity index (χ1) is 21.0. The van der Waals surface area contributed by atoms with E-state index in [-0.39, 0.29) is 6.42 Å². The molecule has 11 heteroatoms. The predicted molar refractivity (Wildman–Crippen MR) is 169 cm³/mol. The fourth-order valence-corrected chi connectivity index (χ4v) is 7.11. The first-order valence-electron chi connectivity index (χ1n) is 14.3. The van der Waals surface area contributed by atoms with E-state index in [0.29, 0.717) is 31.7 Å². The van der Waals surface area contributed by atoms with Gasteiger partial charge in [0.15, 0.2) is 0 Å². The number of thiazole rings is 1. The lowest BCUT2D eigenvalue weighted by Gasteiger charge is -2.54. The number of allylic oxidation sites excluding steroid dienone is 1. The highest BCUT2D eigenvalue weighted by Crippen LogP contribution is 2.48. The third-order valence-electron chi connectivity index (χ3n) is 8.27. The van der Waals surface area contributed by atoms with Crippen LogP contribution in [0.15, 0.2) is 89.6 Å². The summed E-state index contributed by atoms with van der Waals surface area (Å²) >= 11 is 1.53. The molecule has 2 aliphatic heterocycles. The molecule has 43 heavy (non-hydrogen) atoms. The number of urea groups is 1. The zero-order valence-electron chi connectivity index (χ0n) is 23.7. The Morgan fingerprint density at radius 3 is 2.74 bits per heavy atom. The summed E-state index contributed by atoms with van der Waals surface area (Å²) in [7, 11) is 0. The summed E-state index contributed by atoms with van der Waals surface area (Å²) in [5.41, 5.74) is 4.61. The second kappa shape index (κ2) is 11.9. The number of nitrogens with one attached hydrogen (secondary N) is 3. The van der Waals surface area contributed by atoms with Crippen LogP contribution in [-0.4, -0.2) is 58.7 Å². The van der Waals surface area contributed by atoms with Crippen molar-refractivity contribution in [3.63, 3.8) is 0 Å². The van der Waals surface area contributed by atoms with Gasteiger partial charge in [-0.25, -0.2) is 14.8 Å². The molecule has 3 atom stereocenters. The normalized spacial score (nSPS) is 23.3. The van der Waals surface area contributed by atoms with E-state index >= 15 is 0 Å². The number of hydrogen-bond acceptors (Lipinski definition) is 8. The van der Waals surface area contributed by atoms with Gasteiger partial charge in [0.2, 0.25) is 5.79 Å². The summed E-state index contributed by atoms with van der Waals surface area (Å²) in [5.74, 6) is -3.09. The molecule has 4 N–H and O–H groups in total. The van der Waals surface area contributed by atoms with Crippen molar-refractivity contribution in [2.45, 2.75) is 25.6 Å². The number of carboxylic acids is 1. The fraction of sp³-hybridized carbons (Fsp3) is 0.281. The molecule has 0 radical (unpaired) electrons. The van der Waals surface area contributed by atoms with Crippen molar-refractivity contribution in [2.24, 2.45) is 16.3 Å². The topological polar surface area (TPSA) is 132 Å². The maximum atomic E-state index is 13.4. The number of pyridine rings is 1. The highest BCUT2D eigenvalue weighted by Gasteiger charge is 2.60. The Labute approximate surface area is 253 Å². The van der Waals surface area contributed by atoms with Crippen LogP contribution >= 0.6 is 11.3 Å². The molecule has 0 aliphatic carbocycles. The van der Waals surface area contributed by atoms with Gasteiger partial charge in [0.05, 0.1) is 32.8 Å². The monoisotopic (exact) mass is 595 g/mol. The number of rotatable bonds is 8. The molecule has 2 aliphatic rings. The van der Waals surface area contributed by atoms with Gasteiger partial charge in [0, 0.05) is 43.0 Å². The maximum absolute atomic E-state index is 13.4. The molecule has 0 bridgehead atoms. The van der Waals surface area contributed by atoms with Crippen LogP contribution < -0.4 is 20.9 Å². The Hall–Kier alpha value is -4.61. The van der Waals surface area contributed by atoms with Gasteiger partial charge < -0.3 is 20.6 Å². The first kappa shape index (κ1) is 28.5. The SMILES string of the molecule is CCNC(=O)NC1(C2CNCCC2(Cc2ccccc2)C(=O)O)N=CC=CN1c1cc(-c2ccccn2)c2scnc2c1. The largest absolute Gasteiger partial charge is 0.481 e. The van der Waals surface area contributed by atoms with Gasteiger partial charge in [-0.15, -0.1) is 11.3 Å². The number of aromatic nitrogens is 2. The highest BCUT2D eigenvalue weighted by atomic mass is 32.1. The zero-order valence-corrected chi connectivity index (χ0v) is 24.6. The number of aliphatic carboxylic acids is 1. The van der Waals surface area contributed by atoms with Crippen LogP contribution in [0.3, 0.4) is 0 Å². The molecule has 2 amide bonds. The van der Waals surface area contributed by atoms with Crippen molar-refractivity contribution < 1.29 is 14.7 Å². The number of piperidine rings is 1. The van der Waals surface area contributed by atoms with Crippen LogP contribution in [0.5, 0.6) is 0 Å². The lowest BCUT2D eigenvalue weighted by atomic mass is 9.63. The van der Waals surface area contributed by atoms with Crippen molar-refractivity contribution in [1.29, 1.82) is 0 Å². The molecule has 0 saturated carbocycles. The van der Waals surface area contributed by atoms with Crippen LogP contribution in [0, 0.1) is 11.3 Å². The van der Waals surface area contributed by atoms with Gasteiger partial charge in [-0.2, -0.15) is 0 Å². The number of fused-ring (bicyclic) bond motifs is 1. The molecule has 2 aromatic carbocycles. The van der Waals surface area contributed by atoms with Crippen LogP contribution in [0.25, 0.3) is 21.5 Å². The fourth-order valence-electron chi connectivity index (χ4n) is 6.31. The number of benzene rings is 2. The minimum Gasteiger partial charge on any atom is -0.481 e. The number of carbonyl (C=O) groups excluding carboxylic acids is 1. The molecule has 4 aromatic rings. The van der Waals surface area contributed by atoms with Gasteiger partial charge in [0.25, 0.3) is 0 Å². The van der Waals surface area contributed by atoms with Crippen molar-refractivity contribution in [3.05, 3.63) is 90.2 Å². The number of hydrogen-bond donors (Lipinski definition) is 4. The molecule has 4 heterocycles. The third kappa shape index (κ3) is 5.26. The van der Waals surface area contributed by atoms with E-state index in [4.69, 9.17) is 4.99 Å². The second-order valence-electron chi connectivity index (χ2n) is 10.7. The smallest absolute Gasteiger partial charge is 0.318 e. The van der Waals surface area contributed by atoms with Crippen molar-refractivity contribution in [2.75, 3.05) is 24.5 Å². The van der Waals surface area contributed by atoms with Crippen LogP contribution in [-0.2, 0) is 11.2 Å². The molecular formula is C32H33N7O3S. The first-order valence-corrected chi connectivity index (χ1v) is 15.2. The standard InChI is InChI=1S/C32H33N7O3S/c1-2-34-30(42)38-32(27-20-33-15-12-31(27,29(40)41)19-22-9-4-3-5-10-22)37-14-8-16-39(32)23-17-24(25-11-6-7-13-35-25)28-26(18-23)36-21-43-28/h3-11,13-14,16-18,21,27,33H,2,12,15,19-20H2,1H3,(H,40,41)(H2,34,38,42). The summed E-state index contributed by atoms with van der Waals surface area (Å²) in [5, 5.41) is 20.4. The van der Waals surface area contributed by atoms with E-state index in [1.165, 1.54) is 11.3 Å².